The minimum absolute atomic E-state index is 0.0391. The van der Waals surface area contributed by atoms with E-state index in [1.54, 1.807) is 19.2 Å². The number of carbonyl (C=O) groups is 1. The van der Waals surface area contributed by atoms with Crippen LogP contribution >= 0.6 is 0 Å². The molecule has 1 heterocycles. The lowest BCUT2D eigenvalue weighted by Crippen LogP contribution is -2.38. The summed E-state index contributed by atoms with van der Waals surface area (Å²) in [6.45, 7) is 0. The number of phenolic OH excluding ortho intramolecular Hbond substituents is 1. The second-order valence-corrected chi connectivity index (χ2v) is 5.35. The summed E-state index contributed by atoms with van der Waals surface area (Å²) < 4.78 is 21.7. The van der Waals surface area contributed by atoms with Crippen LogP contribution < -0.4 is 14.2 Å². The van der Waals surface area contributed by atoms with Crippen molar-refractivity contribution in [1.82, 2.24) is 0 Å². The van der Waals surface area contributed by atoms with Gasteiger partial charge in [-0.05, 0) is 17.7 Å². The maximum absolute atomic E-state index is 12.9. The van der Waals surface area contributed by atoms with E-state index in [2.05, 4.69) is 0 Å². The van der Waals surface area contributed by atoms with Gasteiger partial charge in [0.1, 0.15) is 28.6 Å². The summed E-state index contributed by atoms with van der Waals surface area (Å²) >= 11 is 0. The Balaban J connectivity index is 2.06. The van der Waals surface area contributed by atoms with Gasteiger partial charge in [-0.1, -0.05) is 12.1 Å². The number of Topliss-reactive ketones (excluding diaryl/α,β-unsaturated/α-hetero) is 1. The third kappa shape index (κ3) is 2.65. The number of hydrogen-bond acceptors (Lipinski definition) is 6. The quantitative estimate of drug-likeness (QED) is 0.929. The zero-order valence-corrected chi connectivity index (χ0v) is 13.6. The third-order valence-corrected chi connectivity index (χ3v) is 4.00. The normalized spacial score (nSPS) is 19.4. The van der Waals surface area contributed by atoms with Crippen LogP contribution in [0, 0.1) is 0 Å². The molecule has 6 nitrogen and oxygen atoms in total. The number of ketones is 1. The molecular formula is C18H18O6. The Hall–Kier alpha value is -2.73. The van der Waals surface area contributed by atoms with Crippen molar-refractivity contribution in [1.29, 1.82) is 0 Å². The van der Waals surface area contributed by atoms with Crippen molar-refractivity contribution < 1.29 is 28.8 Å². The molecule has 2 aromatic rings. The van der Waals surface area contributed by atoms with E-state index < -0.39 is 12.2 Å². The fourth-order valence-corrected chi connectivity index (χ4v) is 2.82. The van der Waals surface area contributed by atoms with Gasteiger partial charge in [-0.3, -0.25) is 4.79 Å². The highest BCUT2D eigenvalue weighted by Gasteiger charge is 2.40. The molecule has 2 unspecified atom stereocenters. The second kappa shape index (κ2) is 6.41. The van der Waals surface area contributed by atoms with Crippen LogP contribution in [0.15, 0.2) is 36.4 Å². The summed E-state index contributed by atoms with van der Waals surface area (Å²) in [5, 5.41) is 9.82. The van der Waals surface area contributed by atoms with Crippen molar-refractivity contribution in [2.75, 3.05) is 21.3 Å². The van der Waals surface area contributed by atoms with Crippen LogP contribution in [0.4, 0.5) is 0 Å². The van der Waals surface area contributed by atoms with Crippen LogP contribution in [0.3, 0.4) is 0 Å². The van der Waals surface area contributed by atoms with E-state index in [4.69, 9.17) is 18.9 Å². The van der Waals surface area contributed by atoms with Gasteiger partial charge in [0.25, 0.3) is 0 Å². The molecule has 0 saturated carbocycles. The highest BCUT2D eigenvalue weighted by atomic mass is 16.5. The van der Waals surface area contributed by atoms with Gasteiger partial charge in [0.2, 0.25) is 5.78 Å². The Morgan fingerprint density at radius 2 is 1.75 bits per heavy atom. The molecule has 0 saturated heterocycles. The largest absolute Gasteiger partial charge is 0.508 e. The minimum atomic E-state index is -0.815. The van der Waals surface area contributed by atoms with Gasteiger partial charge in [-0.15, -0.1) is 0 Å². The number of methoxy groups -OCH3 is 3. The zero-order valence-electron chi connectivity index (χ0n) is 13.6. The molecule has 0 amide bonds. The Kier molecular flexibility index (Phi) is 4.31. The maximum atomic E-state index is 12.9. The van der Waals surface area contributed by atoms with Crippen LogP contribution in [-0.2, 0) is 4.74 Å². The molecule has 2 aromatic carbocycles. The Morgan fingerprint density at radius 1 is 1.04 bits per heavy atom. The Morgan fingerprint density at radius 3 is 2.33 bits per heavy atom. The van der Waals surface area contributed by atoms with Crippen molar-refractivity contribution in [2.24, 2.45) is 0 Å². The van der Waals surface area contributed by atoms with Crippen LogP contribution in [-0.4, -0.2) is 38.3 Å². The van der Waals surface area contributed by atoms with Crippen LogP contribution in [0.2, 0.25) is 0 Å². The first kappa shape index (κ1) is 16.1. The molecule has 0 aromatic heterocycles. The first-order valence-corrected chi connectivity index (χ1v) is 7.37. The lowest BCUT2D eigenvalue weighted by Gasteiger charge is -2.32. The van der Waals surface area contributed by atoms with Crippen molar-refractivity contribution in [3.63, 3.8) is 0 Å². The summed E-state index contributed by atoms with van der Waals surface area (Å²) in [7, 11) is 4.47. The number of carbonyl (C=O) groups excluding carboxylic acids is 1. The van der Waals surface area contributed by atoms with Crippen molar-refractivity contribution in [3.8, 4) is 23.0 Å². The third-order valence-electron chi connectivity index (χ3n) is 4.00. The summed E-state index contributed by atoms with van der Waals surface area (Å²) in [4.78, 5) is 12.9. The SMILES string of the molecule is COc1ccc(C2Oc3cc(O)cc(OC)c3C(=O)C2OC)cc1. The van der Waals surface area contributed by atoms with Gasteiger partial charge in [-0.2, -0.15) is 0 Å². The molecule has 24 heavy (non-hydrogen) atoms. The number of phenols is 1. The minimum Gasteiger partial charge on any atom is -0.508 e. The monoisotopic (exact) mass is 330 g/mol. The first-order valence-electron chi connectivity index (χ1n) is 7.37. The average molecular weight is 330 g/mol. The van der Waals surface area contributed by atoms with E-state index in [-0.39, 0.29) is 28.6 Å². The molecule has 3 rings (SSSR count). The number of fused-ring (bicyclic) bond motifs is 1. The molecule has 126 valence electrons. The van der Waals surface area contributed by atoms with Gasteiger partial charge in [0.05, 0.1) is 14.2 Å². The van der Waals surface area contributed by atoms with Crippen molar-refractivity contribution in [3.05, 3.63) is 47.5 Å². The van der Waals surface area contributed by atoms with Crippen molar-refractivity contribution in [2.45, 2.75) is 12.2 Å². The molecule has 0 radical (unpaired) electrons. The zero-order chi connectivity index (χ0) is 17.3. The number of aromatic hydroxyl groups is 1. The van der Waals surface area contributed by atoms with Gasteiger partial charge < -0.3 is 24.1 Å². The van der Waals surface area contributed by atoms with E-state index in [9.17, 15) is 9.90 Å². The van der Waals surface area contributed by atoms with Crippen molar-refractivity contribution >= 4 is 5.78 Å². The fraction of sp³-hybridized carbons (Fsp3) is 0.278. The maximum Gasteiger partial charge on any atom is 0.203 e. The molecule has 1 aliphatic rings. The summed E-state index contributed by atoms with van der Waals surface area (Å²) in [5.41, 5.74) is 1.04. The predicted molar refractivity (Wildman–Crippen MR) is 86.1 cm³/mol. The van der Waals surface area contributed by atoms with Crippen LogP contribution in [0.25, 0.3) is 0 Å². The standard InChI is InChI=1S/C18H18O6/c1-21-12-6-4-10(5-7-12)17-18(23-3)16(20)15-13(22-2)8-11(19)9-14(15)24-17/h4-9,17-19H,1-3H3. The lowest BCUT2D eigenvalue weighted by molar-refractivity contribution is -0.00110. The summed E-state index contributed by atoms with van der Waals surface area (Å²) in [5.74, 6) is 0.935. The molecular weight excluding hydrogens is 312 g/mol. The second-order valence-electron chi connectivity index (χ2n) is 5.35. The Labute approximate surface area is 139 Å². The van der Waals surface area contributed by atoms with Gasteiger partial charge in [0.15, 0.2) is 12.2 Å². The van der Waals surface area contributed by atoms with E-state index in [1.165, 1.54) is 26.4 Å². The van der Waals surface area contributed by atoms with Gasteiger partial charge >= 0.3 is 0 Å². The topological polar surface area (TPSA) is 74.2 Å². The van der Waals surface area contributed by atoms with Gasteiger partial charge in [0, 0.05) is 19.2 Å². The van der Waals surface area contributed by atoms with E-state index >= 15 is 0 Å². The number of rotatable bonds is 4. The van der Waals surface area contributed by atoms with Crippen LogP contribution in [0.5, 0.6) is 23.0 Å². The highest BCUT2D eigenvalue weighted by Crippen LogP contribution is 2.43. The summed E-state index contributed by atoms with van der Waals surface area (Å²) in [6, 6.07) is 9.98. The van der Waals surface area contributed by atoms with E-state index in [0.717, 1.165) is 5.56 Å². The highest BCUT2D eigenvalue weighted by molar-refractivity contribution is 6.06. The predicted octanol–water partition coefficient (Wildman–Crippen LogP) is 2.74. The summed E-state index contributed by atoms with van der Waals surface area (Å²) in [6.07, 6.45) is -1.45. The molecule has 6 heteroatoms. The van der Waals surface area contributed by atoms with E-state index in [0.29, 0.717) is 5.75 Å². The first-order chi connectivity index (χ1) is 11.6. The molecule has 0 aliphatic carbocycles. The number of benzene rings is 2. The smallest absolute Gasteiger partial charge is 0.203 e. The number of ether oxygens (including phenoxy) is 4. The molecule has 1 N–H and O–H groups in total. The number of hydrogen-bond donors (Lipinski definition) is 1. The molecule has 0 fully saturated rings. The fourth-order valence-electron chi connectivity index (χ4n) is 2.82. The molecule has 0 bridgehead atoms. The van der Waals surface area contributed by atoms with Gasteiger partial charge in [-0.25, -0.2) is 0 Å². The average Bonchev–Trinajstić information content (AvgIpc) is 2.60. The molecule has 2 atom stereocenters. The van der Waals surface area contributed by atoms with E-state index in [1.807, 2.05) is 12.1 Å². The Bertz CT molecular complexity index is 753. The molecule has 0 spiro atoms. The van der Waals surface area contributed by atoms with Crippen LogP contribution in [0.1, 0.15) is 22.0 Å². The molecule has 1 aliphatic heterocycles. The lowest BCUT2D eigenvalue weighted by atomic mass is 9.92.